The fourth-order valence-electron chi connectivity index (χ4n) is 1.81. The molecule has 1 fully saturated rings. The number of nitrogens with one attached hydrogen (secondary N) is 1. The highest BCUT2D eigenvalue weighted by atomic mass is 32.2. The SMILES string of the molecule is CC1(C)CC1CNS(=O)(=O)c1cc(CN)cs1. The van der Waals surface area contributed by atoms with Gasteiger partial charge in [-0.05, 0) is 34.8 Å². The van der Waals surface area contributed by atoms with E-state index in [1.165, 1.54) is 11.3 Å². The summed E-state index contributed by atoms with van der Waals surface area (Å²) in [5.74, 6) is 0.464. The normalized spacial score (nSPS) is 22.6. The van der Waals surface area contributed by atoms with E-state index >= 15 is 0 Å². The Morgan fingerprint density at radius 2 is 2.24 bits per heavy atom. The molecule has 4 nitrogen and oxygen atoms in total. The molecule has 0 saturated heterocycles. The van der Waals surface area contributed by atoms with Crippen LogP contribution in [0.25, 0.3) is 0 Å². The maximum absolute atomic E-state index is 12.0. The Morgan fingerprint density at radius 1 is 1.59 bits per heavy atom. The molecular weight excluding hydrogens is 256 g/mol. The van der Waals surface area contributed by atoms with E-state index in [2.05, 4.69) is 18.6 Å². The second-order valence-electron chi connectivity index (χ2n) is 5.22. The average Bonchev–Trinajstić information content (AvgIpc) is 2.68. The third kappa shape index (κ3) is 2.88. The first-order valence-corrected chi connectivity index (χ1v) is 7.98. The Kier molecular flexibility index (Phi) is 3.33. The Labute approximate surface area is 106 Å². The third-order valence-electron chi connectivity index (χ3n) is 3.37. The first-order chi connectivity index (χ1) is 7.85. The summed E-state index contributed by atoms with van der Waals surface area (Å²) in [5.41, 5.74) is 6.62. The van der Waals surface area contributed by atoms with Crippen molar-refractivity contribution in [3.05, 3.63) is 17.0 Å². The molecule has 1 aromatic rings. The molecule has 0 aromatic carbocycles. The minimum atomic E-state index is -3.34. The van der Waals surface area contributed by atoms with Gasteiger partial charge in [0.2, 0.25) is 10.0 Å². The van der Waals surface area contributed by atoms with Crippen molar-refractivity contribution in [1.82, 2.24) is 4.72 Å². The van der Waals surface area contributed by atoms with Crippen LogP contribution in [0.4, 0.5) is 0 Å². The van der Waals surface area contributed by atoms with E-state index in [9.17, 15) is 8.42 Å². The molecule has 1 heterocycles. The van der Waals surface area contributed by atoms with Crippen LogP contribution in [0.15, 0.2) is 15.7 Å². The highest BCUT2D eigenvalue weighted by molar-refractivity contribution is 7.91. The molecule has 0 amide bonds. The highest BCUT2D eigenvalue weighted by Crippen LogP contribution is 2.51. The maximum Gasteiger partial charge on any atom is 0.250 e. The van der Waals surface area contributed by atoms with Crippen LogP contribution in [0.1, 0.15) is 25.8 Å². The van der Waals surface area contributed by atoms with Gasteiger partial charge < -0.3 is 5.73 Å². The fourth-order valence-corrected chi connectivity index (χ4v) is 4.16. The topological polar surface area (TPSA) is 72.2 Å². The number of rotatable bonds is 5. The van der Waals surface area contributed by atoms with Crippen molar-refractivity contribution in [3.63, 3.8) is 0 Å². The van der Waals surface area contributed by atoms with Crippen molar-refractivity contribution in [1.29, 1.82) is 0 Å². The number of thiophene rings is 1. The van der Waals surface area contributed by atoms with E-state index in [4.69, 9.17) is 5.73 Å². The summed E-state index contributed by atoms with van der Waals surface area (Å²) in [7, 11) is -3.34. The van der Waals surface area contributed by atoms with Gasteiger partial charge in [-0.15, -0.1) is 11.3 Å². The van der Waals surface area contributed by atoms with Crippen LogP contribution in [0.3, 0.4) is 0 Å². The lowest BCUT2D eigenvalue weighted by Crippen LogP contribution is -2.26. The molecule has 1 saturated carbocycles. The number of sulfonamides is 1. The molecule has 1 aliphatic carbocycles. The first kappa shape index (κ1) is 13.0. The number of hydrogen-bond donors (Lipinski definition) is 2. The van der Waals surface area contributed by atoms with Gasteiger partial charge in [-0.2, -0.15) is 0 Å². The summed E-state index contributed by atoms with van der Waals surface area (Å²) in [6, 6.07) is 1.64. The molecule has 1 unspecified atom stereocenters. The van der Waals surface area contributed by atoms with Crippen LogP contribution in [0.5, 0.6) is 0 Å². The van der Waals surface area contributed by atoms with Gasteiger partial charge in [-0.25, -0.2) is 13.1 Å². The van der Waals surface area contributed by atoms with Gasteiger partial charge in [-0.1, -0.05) is 13.8 Å². The van der Waals surface area contributed by atoms with Gasteiger partial charge in [0.05, 0.1) is 0 Å². The molecular formula is C11H18N2O2S2. The largest absolute Gasteiger partial charge is 0.326 e. The van der Waals surface area contributed by atoms with Gasteiger partial charge in [0.25, 0.3) is 0 Å². The predicted molar refractivity (Wildman–Crippen MR) is 69.3 cm³/mol. The summed E-state index contributed by atoms with van der Waals surface area (Å²) in [4.78, 5) is 0. The van der Waals surface area contributed by atoms with Gasteiger partial charge in [0.15, 0.2) is 0 Å². The molecule has 6 heteroatoms. The van der Waals surface area contributed by atoms with E-state index < -0.39 is 10.0 Å². The molecule has 0 aliphatic heterocycles. The second-order valence-corrected chi connectivity index (χ2v) is 8.12. The van der Waals surface area contributed by atoms with Crippen LogP contribution in [-0.2, 0) is 16.6 Å². The van der Waals surface area contributed by atoms with E-state index in [0.29, 0.717) is 28.6 Å². The zero-order chi connectivity index (χ0) is 12.7. The van der Waals surface area contributed by atoms with Crippen LogP contribution in [0.2, 0.25) is 0 Å². The van der Waals surface area contributed by atoms with Crippen molar-refractivity contribution >= 4 is 21.4 Å². The first-order valence-electron chi connectivity index (χ1n) is 5.62. The smallest absolute Gasteiger partial charge is 0.250 e. The van der Waals surface area contributed by atoms with Crippen molar-refractivity contribution in [2.45, 2.75) is 31.0 Å². The third-order valence-corrected chi connectivity index (χ3v) is 6.28. The molecule has 0 radical (unpaired) electrons. The zero-order valence-corrected chi connectivity index (χ0v) is 11.7. The second kappa shape index (κ2) is 4.35. The quantitative estimate of drug-likeness (QED) is 0.855. The van der Waals surface area contributed by atoms with E-state index in [0.717, 1.165) is 12.0 Å². The minimum absolute atomic E-state index is 0.292. The lowest BCUT2D eigenvalue weighted by Gasteiger charge is -2.05. The average molecular weight is 274 g/mol. The van der Waals surface area contributed by atoms with E-state index in [-0.39, 0.29) is 0 Å². The highest BCUT2D eigenvalue weighted by Gasteiger charge is 2.45. The van der Waals surface area contributed by atoms with Gasteiger partial charge in [-0.3, -0.25) is 0 Å². The molecule has 96 valence electrons. The number of nitrogens with two attached hydrogens (primary N) is 1. The fraction of sp³-hybridized carbons (Fsp3) is 0.636. The van der Waals surface area contributed by atoms with Crippen LogP contribution in [-0.4, -0.2) is 15.0 Å². The van der Waals surface area contributed by atoms with Crippen molar-refractivity contribution < 1.29 is 8.42 Å². The monoisotopic (exact) mass is 274 g/mol. The van der Waals surface area contributed by atoms with Crippen LogP contribution >= 0.6 is 11.3 Å². The Hall–Kier alpha value is -0.430. The van der Waals surface area contributed by atoms with E-state index in [1.807, 2.05) is 0 Å². The predicted octanol–water partition coefficient (Wildman–Crippen LogP) is 1.53. The molecule has 1 aliphatic rings. The Morgan fingerprint density at radius 3 is 2.71 bits per heavy atom. The molecule has 1 atom stereocenters. The zero-order valence-electron chi connectivity index (χ0n) is 10.1. The van der Waals surface area contributed by atoms with Gasteiger partial charge >= 0.3 is 0 Å². The Balaban J connectivity index is 1.99. The summed E-state index contributed by atoms with van der Waals surface area (Å²) < 4.78 is 27.0. The maximum atomic E-state index is 12.0. The minimum Gasteiger partial charge on any atom is -0.326 e. The summed E-state index contributed by atoms with van der Waals surface area (Å²) in [6.45, 7) is 5.22. The Bertz CT molecular complexity index is 505. The molecule has 0 bridgehead atoms. The summed E-state index contributed by atoms with van der Waals surface area (Å²) in [5, 5.41) is 1.79. The number of hydrogen-bond acceptors (Lipinski definition) is 4. The van der Waals surface area contributed by atoms with Crippen molar-refractivity contribution in [2.75, 3.05) is 6.54 Å². The van der Waals surface area contributed by atoms with Crippen molar-refractivity contribution in [3.8, 4) is 0 Å². The standard InChI is InChI=1S/C11H18N2O2S2/c1-11(2)4-9(11)6-13-17(14,15)10-3-8(5-12)7-16-10/h3,7,9,13H,4-6,12H2,1-2H3. The molecule has 17 heavy (non-hydrogen) atoms. The van der Waals surface area contributed by atoms with Crippen LogP contribution in [0, 0.1) is 11.3 Å². The lowest BCUT2D eigenvalue weighted by molar-refractivity contribution is 0.538. The molecule has 2 rings (SSSR count). The summed E-state index contributed by atoms with van der Waals surface area (Å²) >= 11 is 1.22. The van der Waals surface area contributed by atoms with Gasteiger partial charge in [0.1, 0.15) is 4.21 Å². The van der Waals surface area contributed by atoms with E-state index in [1.54, 1.807) is 11.4 Å². The van der Waals surface area contributed by atoms with Gasteiger partial charge in [0, 0.05) is 13.1 Å². The summed E-state index contributed by atoms with van der Waals surface area (Å²) in [6.07, 6.45) is 1.09. The van der Waals surface area contributed by atoms with Crippen molar-refractivity contribution in [2.24, 2.45) is 17.1 Å². The molecule has 1 aromatic heterocycles. The molecule has 0 spiro atoms. The van der Waals surface area contributed by atoms with Crippen LogP contribution < -0.4 is 10.5 Å². The lowest BCUT2D eigenvalue weighted by atomic mass is 10.1. The molecule has 3 N–H and O–H groups in total.